The van der Waals surface area contributed by atoms with Crippen LogP contribution in [0.4, 0.5) is 5.00 Å². The molecule has 2 amide bonds. The van der Waals surface area contributed by atoms with Gasteiger partial charge in [-0.05, 0) is 17.9 Å². The predicted octanol–water partition coefficient (Wildman–Crippen LogP) is 1.30. The van der Waals surface area contributed by atoms with Crippen molar-refractivity contribution in [3.05, 3.63) is 17.0 Å². The average Bonchev–Trinajstić information content (AvgIpc) is 2.73. The minimum absolute atomic E-state index is 0.275. The summed E-state index contributed by atoms with van der Waals surface area (Å²) in [5, 5.41) is 4.80. The Balaban J connectivity index is 2.61. The third-order valence-corrected chi connectivity index (χ3v) is 3.20. The van der Waals surface area contributed by atoms with E-state index in [1.165, 1.54) is 11.3 Å². The maximum absolute atomic E-state index is 11.7. The van der Waals surface area contributed by atoms with Crippen molar-refractivity contribution < 1.29 is 9.59 Å². The molecule has 0 aromatic carbocycles. The summed E-state index contributed by atoms with van der Waals surface area (Å²) in [6.07, 6.45) is 2.54. The molecule has 1 aromatic rings. The van der Waals surface area contributed by atoms with Gasteiger partial charge in [0.15, 0.2) is 0 Å². The van der Waals surface area contributed by atoms with E-state index >= 15 is 0 Å². The monoisotopic (exact) mass is 255 g/mol. The summed E-state index contributed by atoms with van der Waals surface area (Å²) in [5.74, 6) is -0.827. The van der Waals surface area contributed by atoms with E-state index in [2.05, 4.69) is 5.32 Å². The minimum atomic E-state index is -0.552. The van der Waals surface area contributed by atoms with E-state index in [1.807, 2.05) is 6.92 Å². The van der Waals surface area contributed by atoms with Crippen LogP contribution in [0.3, 0.4) is 0 Å². The van der Waals surface area contributed by atoms with Crippen LogP contribution >= 0.6 is 11.3 Å². The molecule has 17 heavy (non-hydrogen) atoms. The molecule has 0 radical (unpaired) electrons. The quantitative estimate of drug-likeness (QED) is 0.714. The molecule has 5 nitrogen and oxygen atoms in total. The van der Waals surface area contributed by atoms with Crippen LogP contribution in [-0.2, 0) is 4.79 Å². The van der Waals surface area contributed by atoms with Crippen LogP contribution in [0, 0.1) is 0 Å². The second kappa shape index (κ2) is 6.36. The summed E-state index contributed by atoms with van der Waals surface area (Å²) in [4.78, 5) is 22.8. The van der Waals surface area contributed by atoms with E-state index in [1.54, 1.807) is 11.4 Å². The molecule has 6 heteroatoms. The molecule has 0 aliphatic heterocycles. The lowest BCUT2D eigenvalue weighted by Crippen LogP contribution is -2.35. The molecule has 1 rings (SSSR count). The molecule has 1 atom stereocenters. The zero-order chi connectivity index (χ0) is 12.8. The number of anilines is 1. The highest BCUT2D eigenvalue weighted by molar-refractivity contribution is 7.14. The van der Waals surface area contributed by atoms with Crippen LogP contribution in [0.1, 0.15) is 36.5 Å². The van der Waals surface area contributed by atoms with E-state index in [4.69, 9.17) is 11.5 Å². The normalized spacial score (nSPS) is 12.1. The summed E-state index contributed by atoms with van der Waals surface area (Å²) in [7, 11) is 0. The summed E-state index contributed by atoms with van der Waals surface area (Å²) in [5.41, 5.74) is 11.2. The van der Waals surface area contributed by atoms with Crippen molar-refractivity contribution in [3.63, 3.8) is 0 Å². The molecule has 1 aromatic heterocycles. The molecule has 0 saturated heterocycles. The maximum Gasteiger partial charge on any atom is 0.251 e. The number of primary amides is 1. The highest BCUT2D eigenvalue weighted by atomic mass is 32.1. The SMILES string of the molecule is CCCCC(N)C(=O)Nc1sccc1C(N)=O. The van der Waals surface area contributed by atoms with Gasteiger partial charge in [-0.2, -0.15) is 0 Å². The summed E-state index contributed by atoms with van der Waals surface area (Å²) >= 11 is 1.26. The van der Waals surface area contributed by atoms with E-state index in [0.717, 1.165) is 12.8 Å². The van der Waals surface area contributed by atoms with Gasteiger partial charge in [-0.3, -0.25) is 9.59 Å². The Labute approximate surface area is 104 Å². The maximum atomic E-state index is 11.7. The molecule has 1 unspecified atom stereocenters. The van der Waals surface area contributed by atoms with Gasteiger partial charge in [0.05, 0.1) is 11.6 Å². The van der Waals surface area contributed by atoms with E-state index in [9.17, 15) is 9.59 Å². The van der Waals surface area contributed by atoms with Crippen LogP contribution in [0.2, 0.25) is 0 Å². The zero-order valence-electron chi connectivity index (χ0n) is 9.73. The Hall–Kier alpha value is -1.40. The molecule has 0 spiro atoms. The molecule has 0 bridgehead atoms. The van der Waals surface area contributed by atoms with Gasteiger partial charge in [-0.25, -0.2) is 0 Å². The fourth-order valence-corrected chi connectivity index (χ4v) is 2.16. The number of rotatable bonds is 6. The number of nitrogens with two attached hydrogens (primary N) is 2. The van der Waals surface area contributed by atoms with Crippen LogP contribution < -0.4 is 16.8 Å². The lowest BCUT2D eigenvalue weighted by molar-refractivity contribution is -0.117. The van der Waals surface area contributed by atoms with Crippen molar-refractivity contribution in [1.29, 1.82) is 0 Å². The number of hydrogen-bond acceptors (Lipinski definition) is 4. The van der Waals surface area contributed by atoms with Gasteiger partial charge in [0.2, 0.25) is 5.91 Å². The third kappa shape index (κ3) is 3.83. The third-order valence-electron chi connectivity index (χ3n) is 2.37. The van der Waals surface area contributed by atoms with Crippen molar-refractivity contribution >= 4 is 28.2 Å². The first kappa shape index (κ1) is 13.7. The largest absolute Gasteiger partial charge is 0.366 e. The highest BCUT2D eigenvalue weighted by Crippen LogP contribution is 2.22. The van der Waals surface area contributed by atoms with Gasteiger partial charge in [-0.1, -0.05) is 19.8 Å². The van der Waals surface area contributed by atoms with Gasteiger partial charge in [0.25, 0.3) is 5.91 Å². The lowest BCUT2D eigenvalue weighted by atomic mass is 10.1. The zero-order valence-corrected chi connectivity index (χ0v) is 10.5. The van der Waals surface area contributed by atoms with Crippen molar-refractivity contribution in [2.24, 2.45) is 11.5 Å². The first-order valence-corrected chi connectivity index (χ1v) is 6.38. The van der Waals surface area contributed by atoms with Crippen molar-refractivity contribution in [2.45, 2.75) is 32.2 Å². The number of unbranched alkanes of at least 4 members (excludes halogenated alkanes) is 1. The Kier molecular flexibility index (Phi) is 5.11. The Morgan fingerprint density at radius 2 is 2.24 bits per heavy atom. The predicted molar refractivity (Wildman–Crippen MR) is 69.0 cm³/mol. The molecule has 0 aliphatic carbocycles. The van der Waals surface area contributed by atoms with E-state index in [-0.39, 0.29) is 5.91 Å². The summed E-state index contributed by atoms with van der Waals surface area (Å²) in [6, 6.07) is 1.04. The average molecular weight is 255 g/mol. The van der Waals surface area contributed by atoms with Crippen LogP contribution in [0.25, 0.3) is 0 Å². The number of carbonyl (C=O) groups is 2. The van der Waals surface area contributed by atoms with Gasteiger partial charge in [0, 0.05) is 0 Å². The summed E-state index contributed by atoms with van der Waals surface area (Å²) in [6.45, 7) is 2.04. The second-order valence-corrected chi connectivity index (χ2v) is 4.68. The van der Waals surface area contributed by atoms with Crippen molar-refractivity contribution in [2.75, 3.05) is 5.32 Å². The molecule has 0 saturated carbocycles. The second-order valence-electron chi connectivity index (χ2n) is 3.77. The van der Waals surface area contributed by atoms with Crippen LogP contribution in [0.15, 0.2) is 11.4 Å². The molecular formula is C11H17N3O2S. The number of amides is 2. The van der Waals surface area contributed by atoms with Crippen molar-refractivity contribution in [3.8, 4) is 0 Å². The number of carbonyl (C=O) groups excluding carboxylic acids is 2. The first-order valence-electron chi connectivity index (χ1n) is 5.50. The topological polar surface area (TPSA) is 98.2 Å². The fraction of sp³-hybridized carbons (Fsp3) is 0.455. The van der Waals surface area contributed by atoms with Crippen LogP contribution in [0.5, 0.6) is 0 Å². The molecular weight excluding hydrogens is 238 g/mol. The highest BCUT2D eigenvalue weighted by Gasteiger charge is 2.16. The Morgan fingerprint density at radius 1 is 1.53 bits per heavy atom. The Morgan fingerprint density at radius 3 is 2.82 bits per heavy atom. The van der Waals surface area contributed by atoms with Gasteiger partial charge >= 0.3 is 0 Å². The standard InChI is InChI=1S/C11H17N3O2S/c1-2-3-4-8(12)10(16)14-11-7(9(13)15)5-6-17-11/h5-6,8H,2-4,12H2,1H3,(H2,13,15)(H,14,16). The number of hydrogen-bond donors (Lipinski definition) is 3. The molecule has 0 fully saturated rings. The smallest absolute Gasteiger partial charge is 0.251 e. The molecule has 94 valence electrons. The number of thiophene rings is 1. The van der Waals surface area contributed by atoms with E-state index < -0.39 is 11.9 Å². The molecule has 0 aliphatic rings. The van der Waals surface area contributed by atoms with Crippen LogP contribution in [-0.4, -0.2) is 17.9 Å². The minimum Gasteiger partial charge on any atom is -0.366 e. The van der Waals surface area contributed by atoms with Gasteiger partial charge in [-0.15, -0.1) is 11.3 Å². The lowest BCUT2D eigenvalue weighted by Gasteiger charge is -2.11. The number of nitrogens with one attached hydrogen (secondary N) is 1. The summed E-state index contributed by atoms with van der Waals surface area (Å²) < 4.78 is 0. The molecule has 1 heterocycles. The fourth-order valence-electron chi connectivity index (χ4n) is 1.36. The Bertz CT molecular complexity index is 403. The van der Waals surface area contributed by atoms with Gasteiger partial charge < -0.3 is 16.8 Å². The molecule has 5 N–H and O–H groups in total. The van der Waals surface area contributed by atoms with Crippen molar-refractivity contribution in [1.82, 2.24) is 0 Å². The van der Waals surface area contributed by atoms with Gasteiger partial charge in [0.1, 0.15) is 5.00 Å². The van der Waals surface area contributed by atoms with E-state index in [0.29, 0.717) is 17.0 Å². The first-order chi connectivity index (χ1) is 8.06.